The lowest BCUT2D eigenvalue weighted by Crippen LogP contribution is -2.47. The number of nitrogens with zero attached hydrogens (tertiary/aromatic N) is 4. The molecule has 3 N–H and O–H groups in total. The molecule has 11 heteroatoms. The molecule has 2 aromatic rings. The fraction of sp³-hybridized carbons (Fsp3) is 0.435. The van der Waals surface area contributed by atoms with Gasteiger partial charge in [0.05, 0.1) is 6.57 Å². The smallest absolute Gasteiger partial charge is 0.373 e. The molecule has 34 heavy (non-hydrogen) atoms. The van der Waals surface area contributed by atoms with Gasteiger partial charge in [0.2, 0.25) is 0 Å². The first-order valence-electron chi connectivity index (χ1n) is 10.6. The Morgan fingerprint density at radius 2 is 1.91 bits per heavy atom. The van der Waals surface area contributed by atoms with Gasteiger partial charge in [0.1, 0.15) is 5.82 Å². The van der Waals surface area contributed by atoms with E-state index in [0.717, 1.165) is 35.1 Å². The van der Waals surface area contributed by atoms with E-state index < -0.39 is 5.97 Å². The number of hydrogen-bond donors (Lipinski definition) is 2. The van der Waals surface area contributed by atoms with E-state index >= 15 is 0 Å². The highest BCUT2D eigenvalue weighted by Crippen LogP contribution is 2.24. The quantitative estimate of drug-likeness (QED) is 0.634. The number of hydrogen-bond acceptors (Lipinski definition) is 7. The summed E-state index contributed by atoms with van der Waals surface area (Å²) in [4.78, 5) is 56.2. The predicted octanol–water partition coefficient (Wildman–Crippen LogP) is 1.28. The van der Waals surface area contributed by atoms with E-state index in [0.29, 0.717) is 18.1 Å². The van der Waals surface area contributed by atoms with E-state index in [2.05, 4.69) is 4.85 Å². The molecule has 182 valence electrons. The fourth-order valence-electron chi connectivity index (χ4n) is 3.41. The maximum Gasteiger partial charge on any atom is 0.373 e. The van der Waals surface area contributed by atoms with Gasteiger partial charge < -0.3 is 15.7 Å². The Hall–Kier alpha value is -4.00. The Labute approximate surface area is 196 Å². The highest BCUT2D eigenvalue weighted by molar-refractivity contribution is 5.66. The highest BCUT2D eigenvalue weighted by Gasteiger charge is 2.22. The molecular formula is C23H29N5O6. The summed E-state index contributed by atoms with van der Waals surface area (Å²) in [7, 11) is 1.47. The molecule has 3 rings (SSSR count). The van der Waals surface area contributed by atoms with Crippen LogP contribution in [0, 0.1) is 13.5 Å². The van der Waals surface area contributed by atoms with Crippen molar-refractivity contribution >= 4 is 23.6 Å². The second-order valence-corrected chi connectivity index (χ2v) is 7.69. The largest absolute Gasteiger partial charge is 0.481 e. The number of carbonyl (C=O) groups excluding carboxylic acids is 2. The van der Waals surface area contributed by atoms with Crippen molar-refractivity contribution in [3.63, 3.8) is 0 Å². The summed E-state index contributed by atoms with van der Waals surface area (Å²) in [6, 6.07) is 7.07. The van der Waals surface area contributed by atoms with Gasteiger partial charge in [0, 0.05) is 45.2 Å². The SMILES string of the molecule is CCC(=O)O.O=C=O.[C-]#[N+]c1ccc(C)cc1Cn1c(N2CCC[C@@H](N)C2)cc(=O)n(C)c1=O. The molecular weight excluding hydrogens is 442 g/mol. The number of rotatable bonds is 4. The maximum absolute atomic E-state index is 12.8. The van der Waals surface area contributed by atoms with Crippen LogP contribution in [0.1, 0.15) is 37.3 Å². The number of nitrogens with two attached hydrogens (primary N) is 1. The normalized spacial score (nSPS) is 14.4. The van der Waals surface area contributed by atoms with Crippen LogP contribution in [0.3, 0.4) is 0 Å². The molecule has 1 aliphatic heterocycles. The van der Waals surface area contributed by atoms with Crippen molar-refractivity contribution in [3.8, 4) is 0 Å². The Kier molecular flexibility index (Phi) is 11.2. The summed E-state index contributed by atoms with van der Waals surface area (Å²) >= 11 is 0. The molecule has 1 aliphatic rings. The topological polar surface area (TPSA) is 149 Å². The van der Waals surface area contributed by atoms with Gasteiger partial charge in [-0.1, -0.05) is 30.7 Å². The minimum absolute atomic E-state index is 0.0223. The third kappa shape index (κ3) is 7.85. The predicted molar refractivity (Wildman–Crippen MR) is 125 cm³/mol. The molecule has 1 fully saturated rings. The lowest BCUT2D eigenvalue weighted by molar-refractivity contribution is -0.191. The number of carboxylic acids is 1. The van der Waals surface area contributed by atoms with Gasteiger partial charge in [-0.3, -0.25) is 18.7 Å². The number of benzene rings is 1. The molecule has 0 aliphatic carbocycles. The Morgan fingerprint density at radius 3 is 2.44 bits per heavy atom. The van der Waals surface area contributed by atoms with Crippen molar-refractivity contribution in [1.29, 1.82) is 0 Å². The van der Waals surface area contributed by atoms with Crippen molar-refractivity contribution in [3.05, 3.63) is 67.6 Å². The average Bonchev–Trinajstić information content (AvgIpc) is 2.80. The molecule has 0 radical (unpaired) electrons. The molecule has 0 bridgehead atoms. The molecule has 0 spiro atoms. The van der Waals surface area contributed by atoms with E-state index in [1.54, 1.807) is 17.6 Å². The number of carboxylic acid groups (broad SMARTS) is 1. The molecule has 0 saturated carbocycles. The molecule has 1 atom stereocenters. The Balaban J connectivity index is 0.000000629. The molecule has 1 aromatic carbocycles. The number of aliphatic carboxylic acids is 1. The number of anilines is 1. The summed E-state index contributed by atoms with van der Waals surface area (Å²) in [5, 5.41) is 7.72. The van der Waals surface area contributed by atoms with Crippen molar-refractivity contribution < 1.29 is 19.5 Å². The third-order valence-corrected chi connectivity index (χ3v) is 5.15. The van der Waals surface area contributed by atoms with Crippen LogP contribution in [0.4, 0.5) is 11.5 Å². The number of carbonyl (C=O) groups is 1. The van der Waals surface area contributed by atoms with Crippen LogP contribution in [0.5, 0.6) is 0 Å². The van der Waals surface area contributed by atoms with Gasteiger partial charge in [-0.2, -0.15) is 9.59 Å². The lowest BCUT2D eigenvalue weighted by Gasteiger charge is -2.34. The highest BCUT2D eigenvalue weighted by atomic mass is 16.4. The van der Waals surface area contributed by atoms with E-state index in [1.807, 2.05) is 24.0 Å². The van der Waals surface area contributed by atoms with Gasteiger partial charge >= 0.3 is 17.8 Å². The molecule has 0 amide bonds. The molecule has 2 heterocycles. The summed E-state index contributed by atoms with van der Waals surface area (Å²) in [6.07, 6.45) is 2.33. The zero-order valence-corrected chi connectivity index (χ0v) is 19.5. The fourth-order valence-corrected chi connectivity index (χ4v) is 3.41. The van der Waals surface area contributed by atoms with Crippen molar-refractivity contribution in [2.45, 2.75) is 45.7 Å². The van der Waals surface area contributed by atoms with E-state index in [9.17, 15) is 14.4 Å². The molecule has 11 nitrogen and oxygen atoms in total. The van der Waals surface area contributed by atoms with Crippen LogP contribution in [0.2, 0.25) is 0 Å². The second kappa shape index (κ2) is 13.5. The molecule has 0 unspecified atom stereocenters. The van der Waals surface area contributed by atoms with Gasteiger partial charge in [-0.25, -0.2) is 9.64 Å². The first kappa shape index (κ1) is 28.0. The van der Waals surface area contributed by atoms with Crippen LogP contribution in [0.15, 0.2) is 33.9 Å². The lowest BCUT2D eigenvalue weighted by atomic mass is 10.1. The third-order valence-electron chi connectivity index (χ3n) is 5.15. The number of piperidine rings is 1. The zero-order valence-electron chi connectivity index (χ0n) is 19.5. The van der Waals surface area contributed by atoms with Crippen LogP contribution < -0.4 is 21.9 Å². The summed E-state index contributed by atoms with van der Waals surface area (Å²) in [5.74, 6) is -0.171. The van der Waals surface area contributed by atoms with Crippen molar-refractivity contribution in [2.24, 2.45) is 12.8 Å². The van der Waals surface area contributed by atoms with Gasteiger partial charge in [-0.05, 0) is 25.3 Å². The first-order chi connectivity index (χ1) is 16.1. The van der Waals surface area contributed by atoms with Gasteiger partial charge in [-0.15, -0.1) is 0 Å². The van der Waals surface area contributed by atoms with Gasteiger partial charge in [0.15, 0.2) is 5.69 Å². The summed E-state index contributed by atoms with van der Waals surface area (Å²) in [6.45, 7) is 12.5. The number of aromatic nitrogens is 2. The van der Waals surface area contributed by atoms with E-state index in [4.69, 9.17) is 27.0 Å². The van der Waals surface area contributed by atoms with Crippen LogP contribution >= 0.6 is 0 Å². The van der Waals surface area contributed by atoms with Crippen LogP contribution in [-0.2, 0) is 28.0 Å². The Morgan fingerprint density at radius 1 is 1.29 bits per heavy atom. The van der Waals surface area contributed by atoms with E-state index in [-0.39, 0.29) is 36.4 Å². The van der Waals surface area contributed by atoms with Crippen LogP contribution in [0.25, 0.3) is 4.85 Å². The maximum atomic E-state index is 12.8. The summed E-state index contributed by atoms with van der Waals surface area (Å²) in [5.41, 5.74) is 7.66. The second-order valence-electron chi connectivity index (χ2n) is 7.69. The minimum atomic E-state index is -0.745. The Bertz CT molecular complexity index is 1190. The monoisotopic (exact) mass is 471 g/mol. The standard InChI is InChI=1S/C19H23N5O2.C3H6O2.CO2/c1-13-6-7-16(21-2)14(9-13)11-24-17(10-18(25)22(3)19(24)26)23-8-4-5-15(20)12-23;1-2-3(4)5;2-1-3/h6-7,9-10,15H,4-5,8,11-12,20H2,1,3H3;2H2,1H3,(H,4,5);/t15-;;/m1../s1. The average molecular weight is 472 g/mol. The van der Waals surface area contributed by atoms with E-state index in [1.165, 1.54) is 13.1 Å². The summed E-state index contributed by atoms with van der Waals surface area (Å²) < 4.78 is 2.67. The molecule has 1 saturated heterocycles. The number of aryl methyl sites for hydroxylation is 1. The van der Waals surface area contributed by atoms with Crippen LogP contribution in [-0.4, -0.2) is 45.5 Å². The van der Waals surface area contributed by atoms with Crippen molar-refractivity contribution in [1.82, 2.24) is 9.13 Å². The zero-order chi connectivity index (χ0) is 25.8. The minimum Gasteiger partial charge on any atom is -0.481 e. The van der Waals surface area contributed by atoms with Gasteiger partial charge in [0.25, 0.3) is 5.56 Å². The first-order valence-corrected chi connectivity index (χ1v) is 10.6. The molecule has 1 aromatic heterocycles. The van der Waals surface area contributed by atoms with Crippen molar-refractivity contribution in [2.75, 3.05) is 18.0 Å².